The Hall–Kier alpha value is -2.02. The van der Waals surface area contributed by atoms with E-state index in [0.717, 1.165) is 11.1 Å². The largest absolute Gasteiger partial charge is 0.329 e. The molecule has 7 heteroatoms. The van der Waals surface area contributed by atoms with Gasteiger partial charge in [-0.2, -0.15) is 0 Å². The Morgan fingerprint density at radius 3 is 2.52 bits per heavy atom. The molecule has 0 atom stereocenters. The molecule has 0 fully saturated rings. The summed E-state index contributed by atoms with van der Waals surface area (Å²) >= 11 is 1.49. The van der Waals surface area contributed by atoms with Crippen LogP contribution in [0, 0.1) is 0 Å². The normalized spacial score (nSPS) is 11.0. The van der Waals surface area contributed by atoms with Crippen molar-refractivity contribution in [3.63, 3.8) is 0 Å². The fourth-order valence-electron chi connectivity index (χ4n) is 1.93. The van der Waals surface area contributed by atoms with Crippen LogP contribution in [0.25, 0.3) is 11.2 Å². The van der Waals surface area contributed by atoms with Gasteiger partial charge in [-0.15, -0.1) is 0 Å². The van der Waals surface area contributed by atoms with Crippen LogP contribution in [0.15, 0.2) is 39.0 Å². The van der Waals surface area contributed by atoms with Gasteiger partial charge in [0.2, 0.25) is 0 Å². The number of rotatable bonds is 5. The second kappa shape index (κ2) is 5.77. The molecule has 21 heavy (non-hydrogen) atoms. The summed E-state index contributed by atoms with van der Waals surface area (Å²) in [4.78, 5) is 30.6. The maximum absolute atomic E-state index is 12.1. The first-order chi connectivity index (χ1) is 9.81. The van der Waals surface area contributed by atoms with E-state index in [1.54, 1.807) is 11.6 Å². The van der Waals surface area contributed by atoms with Crippen LogP contribution < -0.4 is 11.2 Å². The Morgan fingerprint density at radius 1 is 1.29 bits per heavy atom. The number of hydrogen-bond acceptors (Lipinski definition) is 4. The van der Waals surface area contributed by atoms with Gasteiger partial charge in [-0.3, -0.25) is 14.3 Å². The molecule has 0 aliphatic heterocycles. The highest BCUT2D eigenvalue weighted by atomic mass is 32.2. The highest BCUT2D eigenvalue weighted by Crippen LogP contribution is 2.23. The fourth-order valence-corrected chi connectivity index (χ4v) is 2.77. The number of imidazole rings is 1. The summed E-state index contributed by atoms with van der Waals surface area (Å²) in [6.45, 7) is 12.1. The molecule has 0 unspecified atom stereocenters. The molecule has 2 rings (SSSR count). The van der Waals surface area contributed by atoms with Crippen molar-refractivity contribution in [2.75, 3.05) is 5.75 Å². The molecule has 2 aromatic heterocycles. The zero-order valence-electron chi connectivity index (χ0n) is 12.4. The minimum Gasteiger partial charge on any atom is -0.309 e. The highest BCUT2D eigenvalue weighted by Gasteiger charge is 2.17. The van der Waals surface area contributed by atoms with Gasteiger partial charge in [0, 0.05) is 19.3 Å². The topological polar surface area (TPSA) is 72.7 Å². The molecule has 0 aliphatic carbocycles. The van der Waals surface area contributed by atoms with Crippen molar-refractivity contribution in [1.82, 2.24) is 19.1 Å². The van der Waals surface area contributed by atoms with E-state index in [-0.39, 0.29) is 0 Å². The molecule has 2 aromatic rings. The van der Waals surface area contributed by atoms with Gasteiger partial charge < -0.3 is 4.57 Å². The number of hydrogen-bond donors (Lipinski definition) is 1. The summed E-state index contributed by atoms with van der Waals surface area (Å²) in [5.41, 5.74) is 1.79. The van der Waals surface area contributed by atoms with Gasteiger partial charge in [-0.25, -0.2) is 9.78 Å². The highest BCUT2D eigenvalue weighted by molar-refractivity contribution is 7.99. The molecule has 0 bridgehead atoms. The van der Waals surface area contributed by atoms with Crippen molar-refractivity contribution in [2.45, 2.75) is 25.5 Å². The zero-order chi connectivity index (χ0) is 15.7. The quantitative estimate of drug-likeness (QED) is 0.673. The van der Waals surface area contributed by atoms with Crippen LogP contribution in [0.1, 0.15) is 13.8 Å². The van der Waals surface area contributed by atoms with Crippen LogP contribution in [0.3, 0.4) is 0 Å². The average molecular weight is 306 g/mol. The number of nitrogens with zero attached hydrogens (tertiary/aromatic N) is 3. The van der Waals surface area contributed by atoms with Gasteiger partial charge in [-0.1, -0.05) is 36.1 Å². The van der Waals surface area contributed by atoms with Gasteiger partial charge in [-0.05, 0) is 13.8 Å². The first-order valence-electron chi connectivity index (χ1n) is 6.42. The van der Waals surface area contributed by atoms with Crippen molar-refractivity contribution in [1.29, 1.82) is 0 Å². The lowest BCUT2D eigenvalue weighted by Gasteiger charge is -2.07. The minimum absolute atomic E-state index is 0.384. The van der Waals surface area contributed by atoms with Crippen LogP contribution in [-0.4, -0.2) is 24.9 Å². The Balaban J connectivity index is 2.72. The number of aryl methyl sites for hydroxylation is 1. The lowest BCUT2D eigenvalue weighted by Crippen LogP contribution is -2.29. The van der Waals surface area contributed by atoms with Crippen molar-refractivity contribution < 1.29 is 0 Å². The molecule has 0 radical (unpaired) electrons. The summed E-state index contributed by atoms with van der Waals surface area (Å²) in [5, 5.41) is 0.683. The summed E-state index contributed by atoms with van der Waals surface area (Å²) < 4.78 is 3.14. The van der Waals surface area contributed by atoms with Crippen molar-refractivity contribution in [3.05, 3.63) is 45.1 Å². The van der Waals surface area contributed by atoms with Gasteiger partial charge >= 0.3 is 5.69 Å². The van der Waals surface area contributed by atoms with Gasteiger partial charge in [0.15, 0.2) is 16.3 Å². The maximum Gasteiger partial charge on any atom is 0.329 e. The predicted molar refractivity (Wildman–Crippen MR) is 85.9 cm³/mol. The molecule has 2 heterocycles. The van der Waals surface area contributed by atoms with Gasteiger partial charge in [0.05, 0.1) is 0 Å². The van der Waals surface area contributed by atoms with E-state index in [2.05, 4.69) is 23.1 Å². The third-order valence-corrected chi connectivity index (χ3v) is 4.05. The number of thioether (sulfide) groups is 1. The second-order valence-electron chi connectivity index (χ2n) is 5.17. The molecule has 1 N–H and O–H groups in total. The summed E-state index contributed by atoms with van der Waals surface area (Å²) in [5.74, 6) is 0.700. The van der Waals surface area contributed by atoms with Gasteiger partial charge in [0.1, 0.15) is 0 Å². The van der Waals surface area contributed by atoms with E-state index in [9.17, 15) is 9.59 Å². The number of fused-ring (bicyclic) bond motifs is 1. The van der Waals surface area contributed by atoms with E-state index >= 15 is 0 Å². The summed E-state index contributed by atoms with van der Waals surface area (Å²) in [6.07, 6.45) is 0. The fraction of sp³-hybridized carbons (Fsp3) is 0.357. The van der Waals surface area contributed by atoms with E-state index < -0.39 is 11.2 Å². The third-order valence-electron chi connectivity index (χ3n) is 2.85. The van der Waals surface area contributed by atoms with E-state index in [1.807, 2.05) is 13.8 Å². The molecule has 6 nitrogen and oxygen atoms in total. The van der Waals surface area contributed by atoms with Crippen molar-refractivity contribution >= 4 is 22.9 Å². The number of H-pyrrole nitrogens is 1. The van der Waals surface area contributed by atoms with Crippen LogP contribution in [0.2, 0.25) is 0 Å². The smallest absolute Gasteiger partial charge is 0.309 e. The SMILES string of the molecule is C=C(C)CSc1nc2c(c(=O)[nH]c(=O)n2C)n1CC(=C)C. The third kappa shape index (κ3) is 3.02. The Labute approximate surface area is 126 Å². The second-order valence-corrected chi connectivity index (χ2v) is 6.12. The Bertz CT molecular complexity index is 841. The molecule has 0 amide bonds. The Kier molecular flexibility index (Phi) is 4.22. The Morgan fingerprint density at radius 2 is 1.95 bits per heavy atom. The molecule has 0 saturated carbocycles. The summed E-state index contributed by atoms with van der Waals surface area (Å²) in [6, 6.07) is 0. The lowest BCUT2D eigenvalue weighted by molar-refractivity contribution is 0.719. The molecule has 0 spiro atoms. The van der Waals surface area contributed by atoms with Crippen molar-refractivity contribution in [2.24, 2.45) is 7.05 Å². The van der Waals surface area contributed by atoms with E-state index in [4.69, 9.17) is 0 Å². The average Bonchev–Trinajstić information content (AvgIpc) is 2.72. The maximum atomic E-state index is 12.1. The standard InChI is InChI=1S/C14H18N4O2S/c1-8(2)6-18-10-11(15-14(18)21-7-9(3)4)17(5)13(20)16-12(10)19/h1,3,6-7H2,2,4-5H3,(H,16,19,20). The number of allylic oxidation sites excluding steroid dienone is 1. The molecular weight excluding hydrogens is 288 g/mol. The van der Waals surface area contributed by atoms with Gasteiger partial charge in [0.25, 0.3) is 5.56 Å². The lowest BCUT2D eigenvalue weighted by atomic mass is 10.3. The van der Waals surface area contributed by atoms with Crippen LogP contribution >= 0.6 is 11.8 Å². The van der Waals surface area contributed by atoms with Crippen LogP contribution in [0.5, 0.6) is 0 Å². The number of nitrogens with one attached hydrogen (secondary N) is 1. The van der Waals surface area contributed by atoms with Crippen LogP contribution in [0.4, 0.5) is 0 Å². The van der Waals surface area contributed by atoms with E-state index in [1.165, 1.54) is 16.3 Å². The zero-order valence-corrected chi connectivity index (χ0v) is 13.2. The minimum atomic E-state index is -0.469. The first-order valence-corrected chi connectivity index (χ1v) is 7.41. The molecular formula is C14H18N4O2S. The first kappa shape index (κ1) is 15.4. The number of aromatic nitrogens is 4. The molecule has 112 valence electrons. The molecule has 0 aromatic carbocycles. The number of aromatic amines is 1. The van der Waals surface area contributed by atoms with E-state index in [0.29, 0.717) is 28.6 Å². The predicted octanol–water partition coefficient (Wildman–Crippen LogP) is 1.67. The summed E-state index contributed by atoms with van der Waals surface area (Å²) in [7, 11) is 1.59. The van der Waals surface area contributed by atoms with Crippen LogP contribution in [-0.2, 0) is 13.6 Å². The molecule has 0 saturated heterocycles. The monoisotopic (exact) mass is 306 g/mol. The molecule has 0 aliphatic rings. The van der Waals surface area contributed by atoms with Crippen molar-refractivity contribution in [3.8, 4) is 0 Å².